The highest BCUT2D eigenvalue weighted by molar-refractivity contribution is 6.06. The predicted molar refractivity (Wildman–Crippen MR) is 66.0 cm³/mol. The van der Waals surface area contributed by atoms with Crippen molar-refractivity contribution in [1.29, 1.82) is 0 Å². The van der Waals surface area contributed by atoms with Gasteiger partial charge < -0.3 is 20.3 Å². The Morgan fingerprint density at radius 3 is 2.74 bits per heavy atom. The molecule has 0 spiro atoms. The monoisotopic (exact) mass is 261 g/mol. The van der Waals surface area contributed by atoms with Gasteiger partial charge in [-0.05, 0) is 12.1 Å². The van der Waals surface area contributed by atoms with Crippen LogP contribution in [0.2, 0.25) is 0 Å². The summed E-state index contributed by atoms with van der Waals surface area (Å²) in [5.41, 5.74) is 5.35. The number of nitrogens with zero attached hydrogens (tertiary/aromatic N) is 1. The van der Waals surface area contributed by atoms with Crippen molar-refractivity contribution in [3.8, 4) is 5.75 Å². The Bertz CT molecular complexity index is 621. The largest absolute Gasteiger partial charge is 0.496 e. The first-order valence-electron chi connectivity index (χ1n) is 5.32. The van der Waals surface area contributed by atoms with E-state index in [4.69, 9.17) is 10.5 Å². The summed E-state index contributed by atoms with van der Waals surface area (Å²) < 4.78 is 9.72. The van der Waals surface area contributed by atoms with E-state index in [0.717, 1.165) is 0 Å². The molecule has 0 saturated carbocycles. The second kappa shape index (κ2) is 5.21. The van der Waals surface area contributed by atoms with Gasteiger partial charge in [-0.15, -0.1) is 0 Å². The van der Waals surface area contributed by atoms with E-state index in [2.05, 4.69) is 15.0 Å². The number of benzene rings is 1. The molecule has 1 heterocycles. The molecule has 7 nitrogen and oxygen atoms in total. The number of carbonyl (C=O) groups excluding carboxylic acids is 2. The normalized spacial score (nSPS) is 9.95. The van der Waals surface area contributed by atoms with Crippen LogP contribution in [0.1, 0.15) is 20.9 Å². The molecule has 2 aromatic rings. The number of hydrogen-bond donors (Lipinski definition) is 2. The van der Waals surface area contributed by atoms with E-state index in [0.29, 0.717) is 11.3 Å². The highest BCUT2D eigenvalue weighted by atomic mass is 16.5. The highest BCUT2D eigenvalue weighted by Crippen LogP contribution is 2.19. The molecule has 0 atom stereocenters. The summed E-state index contributed by atoms with van der Waals surface area (Å²) >= 11 is 0. The van der Waals surface area contributed by atoms with Crippen molar-refractivity contribution < 1.29 is 18.8 Å². The molecule has 2 rings (SSSR count). The number of anilines is 1. The van der Waals surface area contributed by atoms with Crippen molar-refractivity contribution in [2.45, 2.75) is 0 Å². The lowest BCUT2D eigenvalue weighted by Crippen LogP contribution is -2.13. The van der Waals surface area contributed by atoms with E-state index in [1.807, 2.05) is 0 Å². The summed E-state index contributed by atoms with van der Waals surface area (Å²) in [5.74, 6) is -0.786. The molecule has 0 radical (unpaired) electrons. The van der Waals surface area contributed by atoms with Crippen LogP contribution in [0.5, 0.6) is 5.75 Å². The molecule has 0 bridgehead atoms. The zero-order chi connectivity index (χ0) is 13.8. The Hall–Kier alpha value is -2.83. The maximum absolute atomic E-state index is 12.0. The molecular weight excluding hydrogens is 250 g/mol. The van der Waals surface area contributed by atoms with E-state index in [9.17, 15) is 9.59 Å². The minimum Gasteiger partial charge on any atom is -0.496 e. The van der Waals surface area contributed by atoms with E-state index in [-0.39, 0.29) is 11.6 Å². The molecule has 1 aromatic carbocycles. The number of rotatable bonds is 4. The lowest BCUT2D eigenvalue weighted by molar-refractivity contribution is 0.0964. The number of ether oxygens (including phenoxy) is 1. The quantitative estimate of drug-likeness (QED) is 0.854. The zero-order valence-electron chi connectivity index (χ0n) is 10.0. The first-order valence-corrected chi connectivity index (χ1v) is 5.32. The Labute approximate surface area is 108 Å². The Kier molecular flexibility index (Phi) is 3.46. The molecule has 0 aliphatic heterocycles. The van der Waals surface area contributed by atoms with Crippen molar-refractivity contribution >= 4 is 17.6 Å². The fourth-order valence-corrected chi connectivity index (χ4v) is 1.47. The van der Waals surface area contributed by atoms with Crippen LogP contribution in [-0.4, -0.2) is 24.1 Å². The van der Waals surface area contributed by atoms with Gasteiger partial charge in [0.1, 0.15) is 5.75 Å². The molecule has 0 aliphatic carbocycles. The fraction of sp³-hybridized carbons (Fsp3) is 0.0833. The van der Waals surface area contributed by atoms with Crippen LogP contribution < -0.4 is 15.8 Å². The number of nitrogens with two attached hydrogens (primary N) is 1. The lowest BCUT2D eigenvalue weighted by atomic mass is 10.2. The number of para-hydroxylation sites is 1. The van der Waals surface area contributed by atoms with Crippen molar-refractivity contribution in [2.24, 2.45) is 5.73 Å². The molecule has 1 aromatic heterocycles. The van der Waals surface area contributed by atoms with Gasteiger partial charge in [-0.3, -0.25) is 9.59 Å². The zero-order valence-corrected chi connectivity index (χ0v) is 10.0. The maximum atomic E-state index is 12.0. The standard InChI is InChI=1S/C12H11N3O4/c1-18-8-5-3-2-4-7(8)12(17)14-10-6-9(11(13)16)19-15-10/h2-6H,1H3,(H2,13,16)(H,14,15,17). The lowest BCUT2D eigenvalue weighted by Gasteiger charge is -2.06. The molecular formula is C12H11N3O4. The van der Waals surface area contributed by atoms with Crippen LogP contribution in [-0.2, 0) is 0 Å². The van der Waals surface area contributed by atoms with E-state index in [1.54, 1.807) is 24.3 Å². The van der Waals surface area contributed by atoms with Gasteiger partial charge >= 0.3 is 0 Å². The van der Waals surface area contributed by atoms with Crippen molar-refractivity contribution in [1.82, 2.24) is 5.16 Å². The Balaban J connectivity index is 2.18. The van der Waals surface area contributed by atoms with Crippen molar-refractivity contribution in [3.63, 3.8) is 0 Å². The van der Waals surface area contributed by atoms with Gasteiger partial charge in [0, 0.05) is 6.07 Å². The van der Waals surface area contributed by atoms with Crippen LogP contribution in [0.15, 0.2) is 34.9 Å². The van der Waals surface area contributed by atoms with Crippen LogP contribution in [0.25, 0.3) is 0 Å². The third kappa shape index (κ3) is 2.71. The molecule has 0 aliphatic rings. The topological polar surface area (TPSA) is 107 Å². The molecule has 98 valence electrons. The van der Waals surface area contributed by atoms with Gasteiger partial charge in [0.15, 0.2) is 5.82 Å². The number of aromatic nitrogens is 1. The average molecular weight is 261 g/mol. The second-order valence-electron chi connectivity index (χ2n) is 3.60. The summed E-state index contributed by atoms with van der Waals surface area (Å²) in [6.07, 6.45) is 0. The van der Waals surface area contributed by atoms with Gasteiger partial charge in [0.25, 0.3) is 11.8 Å². The molecule has 0 unspecified atom stereocenters. The molecule has 19 heavy (non-hydrogen) atoms. The third-order valence-corrected chi connectivity index (χ3v) is 2.35. The van der Waals surface area contributed by atoms with E-state index in [1.165, 1.54) is 13.2 Å². The predicted octanol–water partition coefficient (Wildman–Crippen LogP) is 1.03. The maximum Gasteiger partial charge on any atom is 0.287 e. The Morgan fingerprint density at radius 2 is 2.11 bits per heavy atom. The second-order valence-corrected chi connectivity index (χ2v) is 3.60. The van der Waals surface area contributed by atoms with Gasteiger partial charge in [-0.2, -0.15) is 0 Å². The van der Waals surface area contributed by atoms with Crippen LogP contribution in [0, 0.1) is 0 Å². The van der Waals surface area contributed by atoms with Crippen LogP contribution >= 0.6 is 0 Å². The van der Waals surface area contributed by atoms with E-state index >= 15 is 0 Å². The van der Waals surface area contributed by atoms with Gasteiger partial charge in [0.05, 0.1) is 12.7 Å². The summed E-state index contributed by atoms with van der Waals surface area (Å²) in [6.45, 7) is 0. The smallest absolute Gasteiger partial charge is 0.287 e. The summed E-state index contributed by atoms with van der Waals surface area (Å²) in [6, 6.07) is 7.96. The number of methoxy groups -OCH3 is 1. The van der Waals surface area contributed by atoms with E-state index < -0.39 is 11.8 Å². The fourth-order valence-electron chi connectivity index (χ4n) is 1.47. The first kappa shape index (κ1) is 12.6. The van der Waals surface area contributed by atoms with Gasteiger partial charge in [0.2, 0.25) is 5.76 Å². The average Bonchev–Trinajstić information content (AvgIpc) is 2.87. The number of amides is 2. The summed E-state index contributed by atoms with van der Waals surface area (Å²) in [7, 11) is 1.47. The van der Waals surface area contributed by atoms with Crippen LogP contribution in [0.4, 0.5) is 5.82 Å². The molecule has 7 heteroatoms. The van der Waals surface area contributed by atoms with Crippen LogP contribution in [0.3, 0.4) is 0 Å². The number of nitrogens with one attached hydrogen (secondary N) is 1. The SMILES string of the molecule is COc1ccccc1C(=O)Nc1cc(C(N)=O)on1. The Morgan fingerprint density at radius 1 is 1.37 bits per heavy atom. The van der Waals surface area contributed by atoms with Crippen molar-refractivity contribution in [2.75, 3.05) is 12.4 Å². The first-order chi connectivity index (χ1) is 9.11. The number of hydrogen-bond acceptors (Lipinski definition) is 5. The summed E-state index contributed by atoms with van der Waals surface area (Å²) in [4.78, 5) is 22.8. The molecule has 2 amide bonds. The number of carbonyl (C=O) groups is 2. The van der Waals surface area contributed by atoms with Gasteiger partial charge in [-0.25, -0.2) is 0 Å². The third-order valence-electron chi connectivity index (χ3n) is 2.35. The molecule has 3 N–H and O–H groups in total. The molecule has 0 saturated heterocycles. The van der Waals surface area contributed by atoms with Gasteiger partial charge in [-0.1, -0.05) is 17.3 Å². The highest BCUT2D eigenvalue weighted by Gasteiger charge is 2.15. The minimum absolute atomic E-state index is 0.102. The minimum atomic E-state index is -0.759. The summed E-state index contributed by atoms with van der Waals surface area (Å²) in [5, 5.41) is 5.99. The number of primary amides is 1. The molecule has 0 fully saturated rings. The van der Waals surface area contributed by atoms with Crippen molar-refractivity contribution in [3.05, 3.63) is 41.7 Å².